The summed E-state index contributed by atoms with van der Waals surface area (Å²) in [6.45, 7) is 1.78. The molecule has 2 aliphatic rings. The molecule has 1 saturated heterocycles. The van der Waals surface area contributed by atoms with Crippen molar-refractivity contribution in [2.24, 2.45) is 0 Å². The highest BCUT2D eigenvalue weighted by Crippen LogP contribution is 2.32. The van der Waals surface area contributed by atoms with Crippen molar-refractivity contribution in [3.63, 3.8) is 0 Å². The van der Waals surface area contributed by atoms with Crippen molar-refractivity contribution in [1.29, 1.82) is 0 Å². The van der Waals surface area contributed by atoms with Gasteiger partial charge in [-0.1, -0.05) is 11.2 Å². The Labute approximate surface area is 122 Å². The molecule has 1 fully saturated rings. The van der Waals surface area contributed by atoms with Gasteiger partial charge < -0.3 is 18.7 Å². The zero-order valence-corrected chi connectivity index (χ0v) is 11.6. The zero-order chi connectivity index (χ0) is 14.1. The summed E-state index contributed by atoms with van der Waals surface area (Å²) < 4.78 is 21.3. The van der Waals surface area contributed by atoms with Gasteiger partial charge in [-0.3, -0.25) is 0 Å². The van der Waals surface area contributed by atoms with Gasteiger partial charge in [0.2, 0.25) is 12.7 Å². The lowest BCUT2D eigenvalue weighted by Crippen LogP contribution is -2.00. The van der Waals surface area contributed by atoms with E-state index >= 15 is 0 Å². The molecule has 0 amide bonds. The van der Waals surface area contributed by atoms with Crippen molar-refractivity contribution in [3.05, 3.63) is 35.5 Å². The Balaban J connectivity index is 1.40. The highest BCUT2D eigenvalue weighted by molar-refractivity contribution is 5.44. The molecule has 21 heavy (non-hydrogen) atoms. The predicted octanol–water partition coefficient (Wildman–Crippen LogP) is 2.09. The molecule has 0 radical (unpaired) electrons. The second-order valence-corrected chi connectivity index (χ2v) is 5.29. The Morgan fingerprint density at radius 1 is 1.14 bits per heavy atom. The van der Waals surface area contributed by atoms with E-state index in [9.17, 15) is 0 Å². The van der Waals surface area contributed by atoms with Crippen molar-refractivity contribution in [2.75, 3.05) is 20.0 Å². The first-order chi connectivity index (χ1) is 10.4. The van der Waals surface area contributed by atoms with Gasteiger partial charge in [-0.05, 0) is 30.5 Å². The van der Waals surface area contributed by atoms with Crippen LogP contribution < -0.4 is 9.47 Å². The summed E-state index contributed by atoms with van der Waals surface area (Å²) in [6, 6.07) is 5.98. The fourth-order valence-corrected chi connectivity index (χ4v) is 2.62. The van der Waals surface area contributed by atoms with Gasteiger partial charge in [0.05, 0.1) is 6.61 Å². The van der Waals surface area contributed by atoms with Gasteiger partial charge in [0.25, 0.3) is 0 Å². The topological polar surface area (TPSA) is 66.6 Å². The number of aromatic nitrogens is 2. The number of benzene rings is 1. The highest BCUT2D eigenvalue weighted by atomic mass is 16.7. The van der Waals surface area contributed by atoms with Crippen molar-refractivity contribution in [1.82, 2.24) is 10.1 Å². The van der Waals surface area contributed by atoms with Gasteiger partial charge in [0, 0.05) is 18.9 Å². The minimum absolute atomic E-state index is 0.285. The Hall–Kier alpha value is -2.08. The lowest BCUT2D eigenvalue weighted by Gasteiger charge is -2.01. The molecule has 3 heterocycles. The molecule has 0 spiro atoms. The van der Waals surface area contributed by atoms with Crippen molar-refractivity contribution in [3.8, 4) is 11.5 Å². The second kappa shape index (κ2) is 5.37. The summed E-state index contributed by atoms with van der Waals surface area (Å²) in [5.41, 5.74) is 1.17. The molecular formula is C15H16N2O4. The standard InChI is InChI=1S/C15H16N2O4/c1-3-12-13(20-9-19-12)7-10(1)2-4-14-16-15(17-21-14)11-5-6-18-8-11/h1,3,7,11H,2,4-6,8-9H2/t11-/m1/s1. The summed E-state index contributed by atoms with van der Waals surface area (Å²) in [6.07, 6.45) is 2.53. The average molecular weight is 288 g/mol. The molecule has 0 aliphatic carbocycles. The summed E-state index contributed by atoms with van der Waals surface area (Å²) in [4.78, 5) is 4.47. The van der Waals surface area contributed by atoms with Gasteiger partial charge >= 0.3 is 0 Å². The molecule has 2 aliphatic heterocycles. The Kier molecular flexibility index (Phi) is 3.23. The summed E-state index contributed by atoms with van der Waals surface area (Å²) in [7, 11) is 0. The number of hydrogen-bond acceptors (Lipinski definition) is 6. The largest absolute Gasteiger partial charge is 0.454 e. The molecule has 0 unspecified atom stereocenters. The molecule has 2 aromatic rings. The monoisotopic (exact) mass is 288 g/mol. The van der Waals surface area contributed by atoms with E-state index in [1.54, 1.807) is 0 Å². The first-order valence-electron chi connectivity index (χ1n) is 7.17. The van der Waals surface area contributed by atoms with Crippen LogP contribution in [0.5, 0.6) is 11.5 Å². The summed E-state index contributed by atoms with van der Waals surface area (Å²) >= 11 is 0. The Morgan fingerprint density at radius 2 is 2.10 bits per heavy atom. The number of aryl methyl sites for hydroxylation is 2. The molecule has 6 heteroatoms. The third-order valence-corrected chi connectivity index (χ3v) is 3.84. The lowest BCUT2D eigenvalue weighted by atomic mass is 10.1. The fraction of sp³-hybridized carbons (Fsp3) is 0.467. The van der Waals surface area contributed by atoms with Gasteiger partial charge in [0.1, 0.15) is 0 Å². The molecule has 4 rings (SSSR count). The van der Waals surface area contributed by atoms with E-state index in [4.69, 9.17) is 18.7 Å². The van der Waals surface area contributed by atoms with Gasteiger partial charge in [-0.25, -0.2) is 0 Å². The van der Waals surface area contributed by atoms with Crippen LogP contribution in [-0.2, 0) is 17.6 Å². The maximum absolute atomic E-state index is 5.38. The van der Waals surface area contributed by atoms with Gasteiger partial charge in [-0.15, -0.1) is 0 Å². The second-order valence-electron chi connectivity index (χ2n) is 5.29. The van der Waals surface area contributed by atoms with Crippen LogP contribution in [0, 0.1) is 0 Å². The number of rotatable bonds is 4. The highest BCUT2D eigenvalue weighted by Gasteiger charge is 2.23. The maximum atomic E-state index is 5.38. The molecule has 0 saturated carbocycles. The molecular weight excluding hydrogens is 272 g/mol. The van der Waals surface area contributed by atoms with Crippen molar-refractivity contribution in [2.45, 2.75) is 25.2 Å². The normalized spacial score (nSPS) is 20.1. The fourth-order valence-electron chi connectivity index (χ4n) is 2.62. The van der Waals surface area contributed by atoms with Crippen LogP contribution in [0.15, 0.2) is 22.7 Å². The van der Waals surface area contributed by atoms with Crippen LogP contribution in [0.3, 0.4) is 0 Å². The van der Waals surface area contributed by atoms with Gasteiger partial charge in [0.15, 0.2) is 17.3 Å². The van der Waals surface area contributed by atoms with E-state index in [0.717, 1.165) is 43.2 Å². The SMILES string of the molecule is c1cc2c(cc1CCc1nc([C@@H]3CCOC3)no1)OCO2. The number of ether oxygens (including phenoxy) is 3. The molecule has 0 N–H and O–H groups in total. The molecule has 6 nitrogen and oxygen atoms in total. The third kappa shape index (κ3) is 2.58. The van der Waals surface area contributed by atoms with Crippen LogP contribution >= 0.6 is 0 Å². The minimum atomic E-state index is 0.285. The van der Waals surface area contributed by atoms with E-state index in [1.807, 2.05) is 18.2 Å². The van der Waals surface area contributed by atoms with E-state index in [2.05, 4.69) is 10.1 Å². The number of fused-ring (bicyclic) bond motifs is 1. The quantitative estimate of drug-likeness (QED) is 0.858. The third-order valence-electron chi connectivity index (χ3n) is 3.84. The van der Waals surface area contributed by atoms with Crippen molar-refractivity contribution >= 4 is 0 Å². The van der Waals surface area contributed by atoms with E-state index in [1.165, 1.54) is 5.56 Å². The van der Waals surface area contributed by atoms with Crippen molar-refractivity contribution < 1.29 is 18.7 Å². The van der Waals surface area contributed by atoms with Crippen LogP contribution in [0.1, 0.15) is 29.6 Å². The maximum Gasteiger partial charge on any atom is 0.231 e. The Bertz CT molecular complexity index is 634. The van der Waals surface area contributed by atoms with Crippen LogP contribution in [0.25, 0.3) is 0 Å². The first kappa shape index (κ1) is 12.6. The van der Waals surface area contributed by atoms with Gasteiger partial charge in [-0.2, -0.15) is 4.98 Å². The minimum Gasteiger partial charge on any atom is -0.454 e. The van der Waals surface area contributed by atoms with Crippen LogP contribution in [0.2, 0.25) is 0 Å². The first-order valence-corrected chi connectivity index (χ1v) is 7.17. The van der Waals surface area contributed by atoms with Crippen LogP contribution in [0.4, 0.5) is 0 Å². The number of nitrogens with zero attached hydrogens (tertiary/aromatic N) is 2. The van der Waals surface area contributed by atoms with E-state index in [-0.39, 0.29) is 5.92 Å². The lowest BCUT2D eigenvalue weighted by molar-refractivity contribution is 0.174. The smallest absolute Gasteiger partial charge is 0.231 e. The number of hydrogen-bond donors (Lipinski definition) is 0. The molecule has 0 bridgehead atoms. The zero-order valence-electron chi connectivity index (χ0n) is 11.6. The summed E-state index contributed by atoms with van der Waals surface area (Å²) in [5, 5.41) is 4.06. The van der Waals surface area contributed by atoms with E-state index in [0.29, 0.717) is 19.3 Å². The summed E-state index contributed by atoms with van der Waals surface area (Å²) in [5.74, 6) is 3.35. The molecule has 1 aromatic heterocycles. The van der Waals surface area contributed by atoms with E-state index < -0.39 is 0 Å². The predicted molar refractivity (Wildman–Crippen MR) is 72.4 cm³/mol. The Morgan fingerprint density at radius 3 is 3.00 bits per heavy atom. The molecule has 1 aromatic carbocycles. The van der Waals surface area contributed by atoms with Crippen LogP contribution in [-0.4, -0.2) is 30.1 Å². The average Bonchev–Trinajstić information content (AvgIpc) is 3.24. The molecule has 110 valence electrons. The molecule has 1 atom stereocenters.